The standard InChI is InChI=1S/C10H18O4/c1-2-14-9(12)7-10(13)5-3-8(11)4-6-10/h8,11,13H,2-7H2,1H3. The fraction of sp³-hybridized carbons (Fsp3) is 0.900. The summed E-state index contributed by atoms with van der Waals surface area (Å²) < 4.78 is 4.78. The summed E-state index contributed by atoms with van der Waals surface area (Å²) in [5.74, 6) is -0.355. The molecule has 0 unspecified atom stereocenters. The molecule has 0 aromatic rings. The van der Waals surface area contributed by atoms with Gasteiger partial charge in [-0.2, -0.15) is 0 Å². The second-order valence-electron chi connectivity index (χ2n) is 3.94. The lowest BCUT2D eigenvalue weighted by Crippen LogP contribution is -2.38. The molecular weight excluding hydrogens is 184 g/mol. The molecule has 0 radical (unpaired) electrons. The highest BCUT2D eigenvalue weighted by Crippen LogP contribution is 2.31. The molecule has 0 aliphatic heterocycles. The first kappa shape index (κ1) is 11.5. The van der Waals surface area contributed by atoms with Crippen molar-refractivity contribution in [2.45, 2.75) is 50.7 Å². The second kappa shape index (κ2) is 4.75. The van der Waals surface area contributed by atoms with Crippen LogP contribution >= 0.6 is 0 Å². The number of ether oxygens (including phenoxy) is 1. The lowest BCUT2D eigenvalue weighted by molar-refractivity contribution is -0.151. The fourth-order valence-corrected chi connectivity index (χ4v) is 1.80. The number of aliphatic hydroxyl groups excluding tert-OH is 1. The number of hydrogen-bond donors (Lipinski definition) is 2. The van der Waals surface area contributed by atoms with Crippen molar-refractivity contribution in [1.29, 1.82) is 0 Å². The van der Waals surface area contributed by atoms with Crippen LogP contribution in [-0.2, 0) is 9.53 Å². The van der Waals surface area contributed by atoms with Crippen molar-refractivity contribution < 1.29 is 19.7 Å². The Labute approximate surface area is 83.9 Å². The van der Waals surface area contributed by atoms with E-state index in [1.54, 1.807) is 6.92 Å². The predicted molar refractivity (Wildman–Crippen MR) is 50.7 cm³/mol. The van der Waals surface area contributed by atoms with Crippen LogP contribution in [0.15, 0.2) is 0 Å². The Balaban J connectivity index is 2.38. The Morgan fingerprint density at radius 3 is 2.57 bits per heavy atom. The minimum Gasteiger partial charge on any atom is -0.466 e. The molecule has 0 bridgehead atoms. The number of hydrogen-bond acceptors (Lipinski definition) is 4. The highest BCUT2D eigenvalue weighted by Gasteiger charge is 2.34. The van der Waals surface area contributed by atoms with Gasteiger partial charge in [0.15, 0.2) is 0 Å². The van der Waals surface area contributed by atoms with E-state index >= 15 is 0 Å². The highest BCUT2D eigenvalue weighted by atomic mass is 16.5. The van der Waals surface area contributed by atoms with Crippen LogP contribution in [0.5, 0.6) is 0 Å². The molecule has 0 amide bonds. The zero-order valence-electron chi connectivity index (χ0n) is 8.53. The van der Waals surface area contributed by atoms with E-state index in [4.69, 9.17) is 4.74 Å². The van der Waals surface area contributed by atoms with E-state index in [2.05, 4.69) is 0 Å². The fourth-order valence-electron chi connectivity index (χ4n) is 1.80. The molecule has 1 rings (SSSR count). The van der Waals surface area contributed by atoms with Gasteiger partial charge in [-0.05, 0) is 32.6 Å². The molecule has 82 valence electrons. The van der Waals surface area contributed by atoms with E-state index < -0.39 is 5.60 Å². The second-order valence-corrected chi connectivity index (χ2v) is 3.94. The molecule has 0 atom stereocenters. The minimum absolute atomic E-state index is 0.0492. The zero-order valence-corrected chi connectivity index (χ0v) is 8.53. The van der Waals surface area contributed by atoms with E-state index in [9.17, 15) is 15.0 Å². The number of aliphatic hydroxyl groups is 2. The molecular formula is C10H18O4. The smallest absolute Gasteiger partial charge is 0.308 e. The molecule has 1 aliphatic rings. The van der Waals surface area contributed by atoms with Crippen LogP contribution in [0, 0.1) is 0 Å². The van der Waals surface area contributed by atoms with Crippen molar-refractivity contribution in [2.24, 2.45) is 0 Å². The summed E-state index contributed by atoms with van der Waals surface area (Å²) in [5.41, 5.74) is -0.953. The largest absolute Gasteiger partial charge is 0.466 e. The predicted octanol–water partition coefficient (Wildman–Crippen LogP) is 0.606. The van der Waals surface area contributed by atoms with Gasteiger partial charge in [0.25, 0.3) is 0 Å². The monoisotopic (exact) mass is 202 g/mol. The third-order valence-electron chi connectivity index (χ3n) is 2.66. The minimum atomic E-state index is -0.953. The van der Waals surface area contributed by atoms with Crippen LogP contribution in [0.1, 0.15) is 39.0 Å². The molecule has 4 nitrogen and oxygen atoms in total. The molecule has 14 heavy (non-hydrogen) atoms. The van der Waals surface area contributed by atoms with Gasteiger partial charge in [-0.3, -0.25) is 4.79 Å². The Kier molecular flexibility index (Phi) is 3.89. The number of rotatable bonds is 3. The van der Waals surface area contributed by atoms with Crippen molar-refractivity contribution in [3.05, 3.63) is 0 Å². The third kappa shape index (κ3) is 3.27. The van der Waals surface area contributed by atoms with Gasteiger partial charge < -0.3 is 14.9 Å². The topological polar surface area (TPSA) is 66.8 Å². The van der Waals surface area contributed by atoms with Gasteiger partial charge in [0, 0.05) is 0 Å². The van der Waals surface area contributed by atoms with Gasteiger partial charge in [-0.1, -0.05) is 0 Å². The van der Waals surface area contributed by atoms with Crippen LogP contribution in [0.2, 0.25) is 0 Å². The normalized spacial score (nSPS) is 32.6. The van der Waals surface area contributed by atoms with Crippen LogP contribution in [0.4, 0.5) is 0 Å². The first-order valence-electron chi connectivity index (χ1n) is 5.12. The summed E-state index contributed by atoms with van der Waals surface area (Å²) in [7, 11) is 0. The molecule has 1 fully saturated rings. The Morgan fingerprint density at radius 2 is 2.07 bits per heavy atom. The summed E-state index contributed by atoms with van der Waals surface area (Å²) in [6.07, 6.45) is 1.82. The van der Waals surface area contributed by atoms with Crippen molar-refractivity contribution >= 4 is 5.97 Å². The van der Waals surface area contributed by atoms with E-state index in [1.165, 1.54) is 0 Å². The SMILES string of the molecule is CCOC(=O)CC1(O)CCC(O)CC1. The summed E-state index contributed by atoms with van der Waals surface area (Å²) in [4.78, 5) is 11.2. The maximum atomic E-state index is 11.2. The van der Waals surface area contributed by atoms with Gasteiger partial charge >= 0.3 is 5.97 Å². The van der Waals surface area contributed by atoms with Gasteiger partial charge in [0.1, 0.15) is 0 Å². The quantitative estimate of drug-likeness (QED) is 0.658. The number of carbonyl (C=O) groups is 1. The van der Waals surface area contributed by atoms with Crippen molar-refractivity contribution in [3.8, 4) is 0 Å². The zero-order chi connectivity index (χ0) is 10.6. The van der Waals surface area contributed by atoms with Crippen molar-refractivity contribution in [2.75, 3.05) is 6.61 Å². The number of esters is 1. The Bertz CT molecular complexity index is 194. The van der Waals surface area contributed by atoms with E-state index in [0.717, 1.165) is 0 Å². The molecule has 0 saturated heterocycles. The molecule has 1 saturated carbocycles. The summed E-state index contributed by atoms with van der Waals surface area (Å²) in [6.45, 7) is 2.09. The van der Waals surface area contributed by atoms with Crippen LogP contribution in [-0.4, -0.2) is 34.5 Å². The van der Waals surface area contributed by atoms with Gasteiger partial charge in [0.2, 0.25) is 0 Å². The van der Waals surface area contributed by atoms with Crippen LogP contribution < -0.4 is 0 Å². The van der Waals surface area contributed by atoms with Crippen LogP contribution in [0.3, 0.4) is 0 Å². The van der Waals surface area contributed by atoms with Crippen LogP contribution in [0.25, 0.3) is 0 Å². The summed E-state index contributed by atoms with van der Waals surface area (Å²) in [6, 6.07) is 0. The maximum absolute atomic E-state index is 11.2. The number of carbonyl (C=O) groups excluding carboxylic acids is 1. The first-order chi connectivity index (χ1) is 6.56. The summed E-state index contributed by atoms with van der Waals surface area (Å²) in [5, 5.41) is 19.2. The molecule has 1 aliphatic carbocycles. The third-order valence-corrected chi connectivity index (χ3v) is 2.66. The average molecular weight is 202 g/mol. The van der Waals surface area contributed by atoms with E-state index in [0.29, 0.717) is 32.3 Å². The molecule has 0 aromatic carbocycles. The molecule has 4 heteroatoms. The lowest BCUT2D eigenvalue weighted by atomic mass is 9.81. The lowest BCUT2D eigenvalue weighted by Gasteiger charge is -2.33. The van der Waals surface area contributed by atoms with E-state index in [1.807, 2.05) is 0 Å². The van der Waals surface area contributed by atoms with Crippen molar-refractivity contribution in [1.82, 2.24) is 0 Å². The van der Waals surface area contributed by atoms with Gasteiger partial charge in [-0.25, -0.2) is 0 Å². The maximum Gasteiger partial charge on any atom is 0.308 e. The first-order valence-corrected chi connectivity index (χ1v) is 5.12. The molecule has 0 spiro atoms. The van der Waals surface area contributed by atoms with Gasteiger partial charge in [-0.15, -0.1) is 0 Å². The summed E-state index contributed by atoms with van der Waals surface area (Å²) >= 11 is 0. The van der Waals surface area contributed by atoms with Gasteiger partial charge in [0.05, 0.1) is 24.7 Å². The molecule has 0 aromatic heterocycles. The van der Waals surface area contributed by atoms with Crippen molar-refractivity contribution in [3.63, 3.8) is 0 Å². The Hall–Kier alpha value is -0.610. The Morgan fingerprint density at radius 1 is 1.50 bits per heavy atom. The van der Waals surface area contributed by atoms with E-state index in [-0.39, 0.29) is 18.5 Å². The molecule has 0 heterocycles. The highest BCUT2D eigenvalue weighted by molar-refractivity contribution is 5.70. The average Bonchev–Trinajstić information content (AvgIpc) is 2.11. The molecule has 2 N–H and O–H groups in total.